The molecule has 8 rings (SSSR count). The zero-order valence-corrected chi connectivity index (χ0v) is 34.0. The summed E-state index contributed by atoms with van der Waals surface area (Å²) in [5, 5.41) is 13.0. The van der Waals surface area contributed by atoms with Gasteiger partial charge < -0.3 is 10.6 Å². The van der Waals surface area contributed by atoms with Gasteiger partial charge in [0.25, 0.3) is 17.9 Å². The van der Waals surface area contributed by atoms with Crippen LogP contribution in [-0.4, -0.2) is 67.1 Å². The Morgan fingerprint density at radius 1 is 1.06 bits per heavy atom. The Bertz CT molecular complexity index is 2970. The molecule has 0 bridgehead atoms. The van der Waals surface area contributed by atoms with E-state index in [1.165, 1.54) is 36.0 Å². The Labute approximate surface area is 350 Å². The highest BCUT2D eigenvalue weighted by molar-refractivity contribution is 7.92. The Balaban J connectivity index is 1.32. The number of aryl methyl sites for hydroxylation is 1. The van der Waals surface area contributed by atoms with E-state index in [9.17, 15) is 44.3 Å². The van der Waals surface area contributed by atoms with Crippen molar-refractivity contribution in [3.8, 4) is 5.69 Å². The highest BCUT2D eigenvalue weighted by Gasteiger charge is 2.67. The number of halogens is 9. The maximum atomic E-state index is 15.5. The number of rotatable bonds is 14. The van der Waals surface area contributed by atoms with Crippen molar-refractivity contribution in [2.75, 3.05) is 22.8 Å². The molecule has 24 heteroatoms. The normalized spacial score (nSPS) is 17.4. The van der Waals surface area contributed by atoms with Gasteiger partial charge in [0.05, 0.1) is 39.3 Å². The number of anilines is 2. The predicted octanol–water partition coefficient (Wildman–Crippen LogP) is 6.87. The first kappa shape index (κ1) is 42.8. The van der Waals surface area contributed by atoms with Gasteiger partial charge in [0, 0.05) is 44.0 Å². The molecule has 0 aliphatic heterocycles. The largest absolute Gasteiger partial charge is 0.370 e. The van der Waals surface area contributed by atoms with Crippen molar-refractivity contribution in [2.45, 2.75) is 63.0 Å². The summed E-state index contributed by atoms with van der Waals surface area (Å²) in [6, 6.07) is 6.05. The minimum Gasteiger partial charge on any atom is -0.370 e. The smallest absolute Gasteiger partial charge is 0.293 e. The van der Waals surface area contributed by atoms with Crippen molar-refractivity contribution >= 4 is 61.1 Å². The van der Waals surface area contributed by atoms with Crippen LogP contribution in [-0.2, 0) is 40.8 Å². The van der Waals surface area contributed by atoms with Gasteiger partial charge in [-0.3, -0.25) is 28.2 Å². The lowest BCUT2D eigenvalue weighted by atomic mass is 10.0. The van der Waals surface area contributed by atoms with Gasteiger partial charge in [0.1, 0.15) is 41.2 Å². The molecule has 1 amide bonds. The SMILES string of the molecule is Cn1nc(NS(C)(=O)=O)c2c(Cl)ccc(-n3c([C@H](Cc4cc(F)cc(F)c4)NC(=O)Cn4nc(C(F)F)c5c4C(F)(F)[C@@H]4C[C@H]54)nc4nc(NCCC(C)(F)F)ccc4c3=O)c21. The van der Waals surface area contributed by atoms with Crippen LogP contribution < -0.4 is 20.9 Å². The number of sulfonamides is 1. The zero-order valence-electron chi connectivity index (χ0n) is 32.5. The molecule has 2 aliphatic carbocycles. The van der Waals surface area contributed by atoms with Gasteiger partial charge in [-0.05, 0) is 61.2 Å². The first-order valence-corrected chi connectivity index (χ1v) is 21.0. The lowest BCUT2D eigenvalue weighted by Crippen LogP contribution is -2.38. The van der Waals surface area contributed by atoms with Crippen molar-refractivity contribution < 1.29 is 48.3 Å². The van der Waals surface area contributed by atoms with Crippen molar-refractivity contribution in [3.63, 3.8) is 0 Å². The number of fused-ring (bicyclic) bond motifs is 5. The third-order valence-electron chi connectivity index (χ3n) is 10.5. The zero-order chi connectivity index (χ0) is 44.8. The Kier molecular flexibility index (Phi) is 10.5. The second kappa shape index (κ2) is 15.2. The van der Waals surface area contributed by atoms with E-state index >= 15 is 8.78 Å². The fraction of sp³-hybridized carbons (Fsp3) is 0.368. The first-order chi connectivity index (χ1) is 29.0. The van der Waals surface area contributed by atoms with E-state index < -0.39 is 106 Å². The molecule has 14 nitrogen and oxygen atoms in total. The van der Waals surface area contributed by atoms with Crippen LogP contribution in [0.3, 0.4) is 0 Å². The molecule has 0 saturated heterocycles. The van der Waals surface area contributed by atoms with Crippen molar-refractivity contribution in [2.24, 2.45) is 13.0 Å². The van der Waals surface area contributed by atoms with Crippen LogP contribution >= 0.6 is 11.6 Å². The topological polar surface area (TPSA) is 171 Å². The number of pyridine rings is 1. The van der Waals surface area contributed by atoms with Crippen molar-refractivity contribution in [1.82, 2.24) is 39.4 Å². The molecular formula is C38H33ClF8N10O4S. The Morgan fingerprint density at radius 3 is 2.44 bits per heavy atom. The maximum Gasteiger partial charge on any atom is 0.293 e. The van der Waals surface area contributed by atoms with Crippen LogP contribution in [0.15, 0.2) is 47.3 Å². The third-order valence-corrected chi connectivity index (χ3v) is 11.4. The number of hydrogen-bond donors (Lipinski definition) is 3. The average molecular weight is 913 g/mol. The molecular weight excluding hydrogens is 880 g/mol. The van der Waals surface area contributed by atoms with Gasteiger partial charge in [-0.25, -0.2) is 44.7 Å². The molecule has 1 fully saturated rings. The Morgan fingerprint density at radius 2 is 1.77 bits per heavy atom. The number of benzene rings is 2. The molecule has 4 aromatic heterocycles. The quantitative estimate of drug-likeness (QED) is 0.0988. The molecule has 328 valence electrons. The van der Waals surface area contributed by atoms with Gasteiger partial charge in [0.2, 0.25) is 21.9 Å². The molecule has 62 heavy (non-hydrogen) atoms. The highest BCUT2D eigenvalue weighted by atomic mass is 35.5. The molecule has 3 atom stereocenters. The summed E-state index contributed by atoms with van der Waals surface area (Å²) in [6.45, 7) is -0.579. The maximum absolute atomic E-state index is 15.5. The minimum atomic E-state index is -3.95. The summed E-state index contributed by atoms with van der Waals surface area (Å²) in [7, 11) is -2.55. The monoisotopic (exact) mass is 912 g/mol. The van der Waals surface area contributed by atoms with Gasteiger partial charge in [-0.15, -0.1) is 0 Å². The van der Waals surface area contributed by atoms with E-state index in [0.717, 1.165) is 29.9 Å². The summed E-state index contributed by atoms with van der Waals surface area (Å²) < 4.78 is 145. The second-order valence-corrected chi connectivity index (χ2v) is 17.5. The van der Waals surface area contributed by atoms with E-state index in [2.05, 4.69) is 35.5 Å². The molecule has 6 aromatic rings. The lowest BCUT2D eigenvalue weighted by Gasteiger charge is -2.24. The van der Waals surface area contributed by atoms with E-state index in [-0.39, 0.29) is 68.4 Å². The van der Waals surface area contributed by atoms with Crippen LogP contribution in [0.2, 0.25) is 5.02 Å². The van der Waals surface area contributed by atoms with E-state index in [1.807, 2.05) is 0 Å². The number of nitrogens with zero attached hydrogens (tertiary/aromatic N) is 7. The number of alkyl halides is 6. The Hall–Kier alpha value is -5.84. The van der Waals surface area contributed by atoms with Crippen LogP contribution in [0, 0.1) is 17.6 Å². The summed E-state index contributed by atoms with van der Waals surface area (Å²) in [6.07, 6.45) is -3.55. The molecule has 2 aromatic carbocycles. The molecule has 3 N–H and O–H groups in total. The average Bonchev–Trinajstić information content (AvgIpc) is 3.69. The van der Waals surface area contributed by atoms with Crippen molar-refractivity contribution in [3.05, 3.63) is 97.8 Å². The van der Waals surface area contributed by atoms with Gasteiger partial charge in [-0.1, -0.05) is 11.6 Å². The fourth-order valence-corrected chi connectivity index (χ4v) is 8.71. The van der Waals surface area contributed by atoms with Gasteiger partial charge in [-0.2, -0.15) is 19.0 Å². The van der Waals surface area contributed by atoms with Crippen LogP contribution in [0.4, 0.5) is 46.8 Å². The van der Waals surface area contributed by atoms with E-state index in [0.29, 0.717) is 10.7 Å². The number of aromatic nitrogens is 7. The number of amides is 1. The van der Waals surface area contributed by atoms with Crippen LogP contribution in [0.1, 0.15) is 66.5 Å². The molecule has 2 aliphatic rings. The second-order valence-electron chi connectivity index (χ2n) is 15.3. The number of hydrogen-bond acceptors (Lipinski definition) is 9. The molecule has 0 unspecified atom stereocenters. The summed E-state index contributed by atoms with van der Waals surface area (Å²) in [5.41, 5.74) is -3.39. The summed E-state index contributed by atoms with van der Waals surface area (Å²) >= 11 is 6.57. The molecule has 4 heterocycles. The number of nitrogens with one attached hydrogen (secondary N) is 3. The standard InChI is InChI=1S/C38H33ClF8N10O4S/c1-37(44,45)8-9-48-25-7-4-19-33(50-25)51-35(57(36(19)59)24-6-5-22(39)28-30(24)55(2)53-34(28)54-62(3,60)61)23(12-16-10-17(40)13-18(41)11-16)49-26(58)15-56-31-27(29(52-56)32(42)43)20-14-21(20)38(31,46)47/h4-7,10-11,13,20-21,23,32H,8-9,12,14-15H2,1-3H3,(H,48,50)(H,49,58)(H,53,54)/t20-,21+,23-/m0/s1. The molecule has 0 radical (unpaired) electrons. The number of carbonyl (C=O) groups is 1. The fourth-order valence-electron chi connectivity index (χ4n) is 7.97. The van der Waals surface area contributed by atoms with E-state index in [1.54, 1.807) is 0 Å². The van der Waals surface area contributed by atoms with Gasteiger partial charge >= 0.3 is 0 Å². The molecule has 0 spiro atoms. The summed E-state index contributed by atoms with van der Waals surface area (Å²) in [4.78, 5) is 37.8. The van der Waals surface area contributed by atoms with E-state index in [4.69, 9.17) is 11.6 Å². The van der Waals surface area contributed by atoms with Crippen LogP contribution in [0.25, 0.3) is 27.6 Å². The minimum absolute atomic E-state index is 0.00324. The predicted molar refractivity (Wildman–Crippen MR) is 209 cm³/mol. The third kappa shape index (κ3) is 8.02. The van der Waals surface area contributed by atoms with Gasteiger partial charge in [0.15, 0.2) is 11.5 Å². The highest BCUT2D eigenvalue weighted by Crippen LogP contribution is 2.68. The molecule has 1 saturated carbocycles. The first-order valence-electron chi connectivity index (χ1n) is 18.7. The van der Waals surface area contributed by atoms with Crippen molar-refractivity contribution in [1.29, 1.82) is 0 Å². The number of carbonyl (C=O) groups excluding carboxylic acids is 1. The summed E-state index contributed by atoms with van der Waals surface area (Å²) in [5.74, 6) is -12.6. The lowest BCUT2D eigenvalue weighted by molar-refractivity contribution is -0.123. The van der Waals surface area contributed by atoms with Crippen LogP contribution in [0.5, 0.6) is 0 Å².